The lowest BCUT2D eigenvalue weighted by molar-refractivity contribution is -0.120. The molecule has 0 atom stereocenters. The van der Waals surface area contributed by atoms with Crippen LogP contribution in [-0.2, 0) is 24.8 Å². The van der Waals surface area contributed by atoms with Gasteiger partial charge in [0, 0.05) is 24.7 Å². The Morgan fingerprint density at radius 1 is 0.909 bits per heavy atom. The van der Waals surface area contributed by atoms with Gasteiger partial charge in [0.15, 0.2) is 0 Å². The first-order valence-corrected chi connectivity index (χ1v) is 14.1. The number of nitrogens with zero attached hydrogens (tertiary/aromatic N) is 1. The molecule has 1 aliphatic rings. The Labute approximate surface area is 196 Å². The van der Waals surface area contributed by atoms with Gasteiger partial charge in [-0.2, -0.15) is 4.31 Å². The van der Waals surface area contributed by atoms with E-state index in [2.05, 4.69) is 10.0 Å². The monoisotopic (exact) mass is 493 g/mol. The minimum absolute atomic E-state index is 0.205. The third-order valence-electron chi connectivity index (χ3n) is 5.83. The molecule has 8 nitrogen and oxygen atoms in total. The maximum atomic E-state index is 13.3. The molecule has 0 spiro atoms. The molecule has 2 N–H and O–H groups in total. The zero-order valence-electron chi connectivity index (χ0n) is 19.6. The number of hydrogen-bond acceptors (Lipinski definition) is 5. The Bertz CT molecular complexity index is 1260. The van der Waals surface area contributed by atoms with Gasteiger partial charge in [0.1, 0.15) is 0 Å². The summed E-state index contributed by atoms with van der Waals surface area (Å²) < 4.78 is 53.5. The van der Waals surface area contributed by atoms with E-state index >= 15 is 0 Å². The molecule has 3 rings (SSSR count). The Hall–Kier alpha value is -2.43. The number of rotatable bonds is 6. The second-order valence-electron chi connectivity index (χ2n) is 8.80. The standard InChI is InChI=1S/C23H31N3O5S2/c1-15-12-17(3)22(18(4)13-15)33(30,31)26-10-8-19(9-11-26)23(27)24-20-7-6-16(2)21(14-20)25-32(5,28)29/h6-7,12-14,19,25H,8-11H2,1-5H3,(H,24,27). The Balaban J connectivity index is 1.68. The summed E-state index contributed by atoms with van der Waals surface area (Å²) >= 11 is 0. The summed E-state index contributed by atoms with van der Waals surface area (Å²) in [5.74, 6) is -0.534. The Kier molecular flexibility index (Phi) is 7.21. The number of benzene rings is 2. The molecule has 1 aliphatic heterocycles. The molecule has 1 heterocycles. The maximum absolute atomic E-state index is 13.3. The molecular weight excluding hydrogens is 462 g/mol. The second-order valence-corrected chi connectivity index (χ2v) is 12.4. The first-order chi connectivity index (χ1) is 15.3. The molecule has 1 amide bonds. The predicted octanol–water partition coefficient (Wildman–Crippen LogP) is 3.33. The van der Waals surface area contributed by atoms with E-state index in [0.29, 0.717) is 29.1 Å². The molecule has 0 bridgehead atoms. The third kappa shape index (κ3) is 5.93. The van der Waals surface area contributed by atoms with Gasteiger partial charge in [0.05, 0.1) is 16.8 Å². The first-order valence-electron chi connectivity index (χ1n) is 10.8. The fourth-order valence-corrected chi connectivity index (χ4v) is 6.82. The van der Waals surface area contributed by atoms with E-state index in [-0.39, 0.29) is 24.9 Å². The number of amides is 1. The van der Waals surface area contributed by atoms with E-state index in [4.69, 9.17) is 0 Å². The minimum Gasteiger partial charge on any atom is -0.326 e. The van der Waals surface area contributed by atoms with Crippen LogP contribution in [0.5, 0.6) is 0 Å². The lowest BCUT2D eigenvalue weighted by Gasteiger charge is -2.31. The topological polar surface area (TPSA) is 113 Å². The van der Waals surface area contributed by atoms with Gasteiger partial charge < -0.3 is 5.32 Å². The number of anilines is 2. The highest BCUT2D eigenvalue weighted by Gasteiger charge is 2.33. The van der Waals surface area contributed by atoms with Crippen LogP contribution in [-0.4, -0.2) is 46.4 Å². The highest BCUT2D eigenvalue weighted by Crippen LogP contribution is 2.29. The van der Waals surface area contributed by atoms with Gasteiger partial charge in [0.2, 0.25) is 26.0 Å². The van der Waals surface area contributed by atoms with Gasteiger partial charge in [-0.25, -0.2) is 16.8 Å². The molecular formula is C23H31N3O5S2. The molecule has 0 aromatic heterocycles. The molecule has 1 fully saturated rings. The smallest absolute Gasteiger partial charge is 0.243 e. The molecule has 10 heteroatoms. The number of nitrogens with one attached hydrogen (secondary N) is 2. The summed E-state index contributed by atoms with van der Waals surface area (Å²) in [6, 6.07) is 8.76. The van der Waals surface area contributed by atoms with Crippen molar-refractivity contribution < 1.29 is 21.6 Å². The van der Waals surface area contributed by atoms with Crippen LogP contribution in [0.1, 0.15) is 35.1 Å². The number of sulfonamides is 2. The summed E-state index contributed by atoms with van der Waals surface area (Å²) in [7, 11) is -7.08. The number of carbonyl (C=O) groups excluding carboxylic acids is 1. The summed E-state index contributed by atoms with van der Waals surface area (Å²) in [6.45, 7) is 7.86. The van der Waals surface area contributed by atoms with Gasteiger partial charge >= 0.3 is 0 Å². The quantitative estimate of drug-likeness (QED) is 0.641. The molecule has 1 saturated heterocycles. The van der Waals surface area contributed by atoms with Crippen molar-refractivity contribution in [2.45, 2.75) is 45.4 Å². The van der Waals surface area contributed by atoms with Crippen LogP contribution in [0.2, 0.25) is 0 Å². The lowest BCUT2D eigenvalue weighted by Crippen LogP contribution is -2.41. The van der Waals surface area contributed by atoms with Crippen molar-refractivity contribution >= 4 is 37.3 Å². The van der Waals surface area contributed by atoms with E-state index < -0.39 is 20.0 Å². The fourth-order valence-electron chi connectivity index (χ4n) is 4.31. The maximum Gasteiger partial charge on any atom is 0.243 e. The highest BCUT2D eigenvalue weighted by molar-refractivity contribution is 7.92. The van der Waals surface area contributed by atoms with Crippen LogP contribution in [0.4, 0.5) is 11.4 Å². The van der Waals surface area contributed by atoms with Crippen LogP contribution in [0.25, 0.3) is 0 Å². The van der Waals surface area contributed by atoms with Crippen LogP contribution >= 0.6 is 0 Å². The van der Waals surface area contributed by atoms with Crippen LogP contribution in [0.3, 0.4) is 0 Å². The summed E-state index contributed by atoms with van der Waals surface area (Å²) in [5.41, 5.74) is 4.09. The molecule has 0 aliphatic carbocycles. The van der Waals surface area contributed by atoms with E-state index in [1.165, 1.54) is 4.31 Å². The van der Waals surface area contributed by atoms with E-state index in [9.17, 15) is 21.6 Å². The summed E-state index contributed by atoms with van der Waals surface area (Å²) in [6.07, 6.45) is 1.89. The van der Waals surface area contributed by atoms with Crippen LogP contribution in [0, 0.1) is 33.6 Å². The lowest BCUT2D eigenvalue weighted by atomic mass is 9.97. The highest BCUT2D eigenvalue weighted by atomic mass is 32.2. The fraction of sp³-hybridized carbons (Fsp3) is 0.435. The molecule has 0 saturated carbocycles. The van der Waals surface area contributed by atoms with Crippen LogP contribution < -0.4 is 10.0 Å². The van der Waals surface area contributed by atoms with Gasteiger partial charge in [-0.1, -0.05) is 23.8 Å². The second kappa shape index (κ2) is 9.44. The van der Waals surface area contributed by atoms with Gasteiger partial charge in [-0.15, -0.1) is 0 Å². The zero-order valence-corrected chi connectivity index (χ0v) is 21.2. The molecule has 2 aromatic carbocycles. The molecule has 33 heavy (non-hydrogen) atoms. The third-order valence-corrected chi connectivity index (χ3v) is 8.62. The first kappa shape index (κ1) is 25.2. The van der Waals surface area contributed by atoms with Crippen molar-refractivity contribution in [1.29, 1.82) is 0 Å². The number of piperidine rings is 1. The Morgan fingerprint density at radius 3 is 2.03 bits per heavy atom. The van der Waals surface area contributed by atoms with Crippen molar-refractivity contribution in [2.75, 3.05) is 29.4 Å². The normalized spacial score (nSPS) is 15.9. The average Bonchev–Trinajstić information content (AvgIpc) is 2.68. The molecule has 180 valence electrons. The van der Waals surface area contributed by atoms with Crippen molar-refractivity contribution in [1.82, 2.24) is 4.31 Å². The molecule has 0 unspecified atom stereocenters. The van der Waals surface area contributed by atoms with Crippen molar-refractivity contribution in [2.24, 2.45) is 5.92 Å². The van der Waals surface area contributed by atoms with E-state index in [1.54, 1.807) is 25.1 Å². The van der Waals surface area contributed by atoms with Crippen LogP contribution in [0.15, 0.2) is 35.2 Å². The van der Waals surface area contributed by atoms with Gasteiger partial charge in [-0.05, 0) is 69.4 Å². The van der Waals surface area contributed by atoms with Gasteiger partial charge in [0.25, 0.3) is 0 Å². The largest absolute Gasteiger partial charge is 0.326 e. The van der Waals surface area contributed by atoms with Crippen molar-refractivity contribution in [3.63, 3.8) is 0 Å². The molecule has 0 radical (unpaired) electrons. The number of hydrogen-bond donors (Lipinski definition) is 2. The van der Waals surface area contributed by atoms with Crippen molar-refractivity contribution in [3.05, 3.63) is 52.6 Å². The predicted molar refractivity (Wildman–Crippen MR) is 130 cm³/mol. The molecule has 2 aromatic rings. The van der Waals surface area contributed by atoms with E-state index in [1.807, 2.05) is 32.9 Å². The zero-order chi connectivity index (χ0) is 24.6. The Morgan fingerprint density at radius 2 is 1.48 bits per heavy atom. The summed E-state index contributed by atoms with van der Waals surface area (Å²) in [5, 5.41) is 2.83. The minimum atomic E-state index is -3.64. The van der Waals surface area contributed by atoms with Gasteiger partial charge in [-0.3, -0.25) is 9.52 Å². The summed E-state index contributed by atoms with van der Waals surface area (Å²) in [4.78, 5) is 13.2. The SMILES string of the molecule is Cc1cc(C)c(S(=O)(=O)N2CCC(C(=O)Nc3ccc(C)c(NS(C)(=O)=O)c3)CC2)c(C)c1. The average molecular weight is 494 g/mol. The van der Waals surface area contributed by atoms with E-state index in [0.717, 1.165) is 28.5 Å². The number of carbonyl (C=O) groups is 1. The van der Waals surface area contributed by atoms with Crippen molar-refractivity contribution in [3.8, 4) is 0 Å². The number of aryl methyl sites for hydroxylation is 4.